The first-order valence-corrected chi connectivity index (χ1v) is 14.5. The molecule has 0 aliphatic carbocycles. The van der Waals surface area contributed by atoms with Gasteiger partial charge in [0, 0.05) is 14.6 Å². The first-order valence-electron chi connectivity index (χ1n) is 11.4. The number of carbonyl (C=O) groups is 1. The van der Waals surface area contributed by atoms with Gasteiger partial charge in [-0.05, 0) is 42.2 Å². The van der Waals surface area contributed by atoms with Gasteiger partial charge in [-0.1, -0.05) is 67.2 Å². The third-order valence-corrected chi connectivity index (χ3v) is 11.0. The van der Waals surface area contributed by atoms with E-state index in [9.17, 15) is 13.2 Å². The van der Waals surface area contributed by atoms with Crippen LogP contribution in [0.25, 0.3) is 9.75 Å². The molecule has 1 N–H and O–H groups in total. The second-order valence-corrected chi connectivity index (χ2v) is 13.2. The largest absolute Gasteiger partial charge is 0.268 e. The van der Waals surface area contributed by atoms with E-state index in [1.807, 2.05) is 13.8 Å². The Kier molecular flexibility index (Phi) is 7.38. The molecule has 0 radical (unpaired) electrons. The Morgan fingerprint density at radius 1 is 1.06 bits per heavy atom. The van der Waals surface area contributed by atoms with Crippen molar-refractivity contribution in [3.63, 3.8) is 0 Å². The number of aryl methyl sites for hydroxylation is 1. The fourth-order valence-electron chi connectivity index (χ4n) is 4.06. The average Bonchev–Trinajstić information content (AvgIpc) is 3.35. The predicted molar refractivity (Wildman–Crippen MR) is 132 cm³/mol. The Balaban J connectivity index is 2.07. The van der Waals surface area contributed by atoms with Crippen LogP contribution in [0.1, 0.15) is 112 Å². The maximum Gasteiger partial charge on any atom is 0.267 e. The lowest BCUT2D eigenvalue weighted by molar-refractivity contribution is 0.0986. The summed E-state index contributed by atoms with van der Waals surface area (Å²) in [5.41, 5.74) is 1.76. The molecule has 4 nitrogen and oxygen atoms in total. The molecule has 0 unspecified atom stereocenters. The van der Waals surface area contributed by atoms with Crippen molar-refractivity contribution in [2.24, 2.45) is 0 Å². The maximum atomic E-state index is 12.6. The van der Waals surface area contributed by atoms with Gasteiger partial charge in [-0.2, -0.15) is 0 Å². The quantitative estimate of drug-likeness (QED) is 0.364. The van der Waals surface area contributed by atoms with E-state index in [0.29, 0.717) is 5.56 Å². The number of nitrogens with one attached hydrogen (secondary N) is 1. The topological polar surface area (TPSA) is 63.2 Å². The second kappa shape index (κ2) is 9.36. The third-order valence-electron chi connectivity index (χ3n) is 6.22. The standard InChI is InChI=1S/C24H35NO3S3/c1-7-9-10-11-12-13-16-14-17(29-22(16)24(5,6)8-2)20-18-21(19(30-20)15(3)4)31(27,28)25-23(18)26/h14-15H,7-13H2,1-6H3,(H,25,26). The van der Waals surface area contributed by atoms with Crippen molar-refractivity contribution < 1.29 is 13.2 Å². The van der Waals surface area contributed by atoms with E-state index < -0.39 is 15.9 Å². The van der Waals surface area contributed by atoms with Gasteiger partial charge in [-0.3, -0.25) is 4.79 Å². The highest BCUT2D eigenvalue weighted by Gasteiger charge is 2.41. The Morgan fingerprint density at radius 3 is 2.35 bits per heavy atom. The maximum absolute atomic E-state index is 12.6. The molecule has 2 aromatic heterocycles. The second-order valence-electron chi connectivity index (χ2n) is 9.46. The number of carbonyl (C=O) groups excluding carboxylic acids is 1. The molecule has 1 aliphatic rings. The van der Waals surface area contributed by atoms with Crippen LogP contribution in [0.15, 0.2) is 11.0 Å². The first-order chi connectivity index (χ1) is 14.5. The molecule has 2 aromatic rings. The molecule has 0 aromatic carbocycles. The molecule has 0 fully saturated rings. The summed E-state index contributed by atoms with van der Waals surface area (Å²) in [7, 11) is -3.76. The van der Waals surface area contributed by atoms with Crippen molar-refractivity contribution in [3.8, 4) is 9.75 Å². The molecule has 0 atom stereocenters. The van der Waals surface area contributed by atoms with Crippen LogP contribution in [-0.4, -0.2) is 14.3 Å². The van der Waals surface area contributed by atoms with E-state index in [0.717, 1.165) is 33.9 Å². The summed E-state index contributed by atoms with van der Waals surface area (Å²) in [4.78, 5) is 16.8. The highest BCUT2D eigenvalue weighted by molar-refractivity contribution is 7.91. The minimum atomic E-state index is -3.76. The van der Waals surface area contributed by atoms with Gasteiger partial charge in [0.2, 0.25) is 0 Å². The van der Waals surface area contributed by atoms with Crippen LogP contribution < -0.4 is 4.72 Å². The fourth-order valence-corrected chi connectivity index (χ4v) is 8.68. The molecule has 172 valence electrons. The van der Waals surface area contributed by atoms with Crippen LogP contribution in [0.2, 0.25) is 0 Å². The number of unbranched alkanes of at least 4 members (excludes halogenated alkanes) is 4. The molecular formula is C24H35NO3S3. The Bertz CT molecular complexity index is 1060. The van der Waals surface area contributed by atoms with Gasteiger partial charge in [-0.15, -0.1) is 22.7 Å². The van der Waals surface area contributed by atoms with Crippen LogP contribution in [0.5, 0.6) is 0 Å². The van der Waals surface area contributed by atoms with Crippen molar-refractivity contribution in [3.05, 3.63) is 26.9 Å². The number of hydrogen-bond donors (Lipinski definition) is 1. The summed E-state index contributed by atoms with van der Waals surface area (Å²) in [5.74, 6) is -0.446. The summed E-state index contributed by atoms with van der Waals surface area (Å²) in [6, 6.07) is 2.23. The number of thiophene rings is 2. The van der Waals surface area contributed by atoms with Crippen molar-refractivity contribution in [2.45, 2.75) is 103 Å². The number of sulfonamides is 1. The fraction of sp³-hybridized carbons (Fsp3) is 0.625. The zero-order valence-electron chi connectivity index (χ0n) is 19.6. The van der Waals surface area contributed by atoms with Crippen LogP contribution in [-0.2, 0) is 21.9 Å². The lowest BCUT2D eigenvalue weighted by Gasteiger charge is -2.23. The lowest BCUT2D eigenvalue weighted by atomic mass is 9.85. The monoisotopic (exact) mass is 481 g/mol. The molecular weight excluding hydrogens is 446 g/mol. The molecule has 0 bridgehead atoms. The summed E-state index contributed by atoms with van der Waals surface area (Å²) in [6.07, 6.45) is 8.26. The van der Waals surface area contributed by atoms with Gasteiger partial charge >= 0.3 is 0 Å². The van der Waals surface area contributed by atoms with Crippen LogP contribution in [0, 0.1) is 0 Å². The normalized spacial score (nSPS) is 15.5. The minimum Gasteiger partial charge on any atom is -0.268 e. The summed E-state index contributed by atoms with van der Waals surface area (Å²) in [5, 5.41) is 0. The zero-order chi connectivity index (χ0) is 23.0. The highest BCUT2D eigenvalue weighted by atomic mass is 32.2. The molecule has 1 amide bonds. The van der Waals surface area contributed by atoms with E-state index in [2.05, 4.69) is 38.5 Å². The number of rotatable bonds is 10. The zero-order valence-corrected chi connectivity index (χ0v) is 22.0. The van der Waals surface area contributed by atoms with Crippen LogP contribution in [0.4, 0.5) is 0 Å². The molecule has 0 saturated carbocycles. The molecule has 3 heterocycles. The van der Waals surface area contributed by atoms with Crippen molar-refractivity contribution >= 4 is 38.6 Å². The molecule has 0 saturated heterocycles. The molecule has 3 rings (SSSR count). The van der Waals surface area contributed by atoms with Crippen molar-refractivity contribution in [1.82, 2.24) is 4.72 Å². The van der Waals surface area contributed by atoms with E-state index >= 15 is 0 Å². The summed E-state index contributed by atoms with van der Waals surface area (Å²) < 4.78 is 27.4. The molecule has 31 heavy (non-hydrogen) atoms. The Morgan fingerprint density at radius 2 is 1.74 bits per heavy atom. The molecule has 1 aliphatic heterocycles. The molecule has 0 spiro atoms. The Hall–Kier alpha value is -1.18. The summed E-state index contributed by atoms with van der Waals surface area (Å²) >= 11 is 3.22. The van der Waals surface area contributed by atoms with Gasteiger partial charge in [0.05, 0.1) is 10.4 Å². The van der Waals surface area contributed by atoms with Crippen LogP contribution >= 0.6 is 22.7 Å². The number of hydrogen-bond acceptors (Lipinski definition) is 5. The average molecular weight is 482 g/mol. The van der Waals surface area contributed by atoms with Gasteiger partial charge in [-0.25, -0.2) is 13.1 Å². The van der Waals surface area contributed by atoms with Gasteiger partial charge in [0.15, 0.2) is 0 Å². The van der Waals surface area contributed by atoms with Crippen molar-refractivity contribution in [2.75, 3.05) is 0 Å². The summed E-state index contributed by atoms with van der Waals surface area (Å²) in [6.45, 7) is 13.0. The van der Waals surface area contributed by atoms with E-state index in [-0.39, 0.29) is 16.2 Å². The third kappa shape index (κ3) is 4.79. The first kappa shape index (κ1) is 24.5. The van der Waals surface area contributed by atoms with E-state index in [1.54, 1.807) is 11.3 Å². The van der Waals surface area contributed by atoms with Crippen LogP contribution in [0.3, 0.4) is 0 Å². The van der Waals surface area contributed by atoms with Gasteiger partial charge in [0.1, 0.15) is 4.90 Å². The van der Waals surface area contributed by atoms with Gasteiger partial charge in [0.25, 0.3) is 15.9 Å². The smallest absolute Gasteiger partial charge is 0.267 e. The predicted octanol–water partition coefficient (Wildman–Crippen LogP) is 7.23. The number of fused-ring (bicyclic) bond motifs is 1. The SMILES string of the molecule is CCCCCCCc1cc(-c2sc(C(C)C)c3c2C(=O)NS3(=O)=O)sc1C(C)(C)CC. The van der Waals surface area contributed by atoms with Crippen molar-refractivity contribution in [1.29, 1.82) is 0 Å². The lowest BCUT2D eigenvalue weighted by Crippen LogP contribution is -2.21. The number of amides is 1. The van der Waals surface area contributed by atoms with E-state index in [4.69, 9.17) is 0 Å². The minimum absolute atomic E-state index is 0.0412. The van der Waals surface area contributed by atoms with E-state index in [1.165, 1.54) is 47.5 Å². The molecule has 7 heteroatoms. The van der Waals surface area contributed by atoms with Gasteiger partial charge < -0.3 is 0 Å². The highest BCUT2D eigenvalue weighted by Crippen LogP contribution is 2.49. The Labute approximate surface area is 195 Å².